The molecular formula is C13H15ClN2O. The van der Waals surface area contributed by atoms with E-state index >= 15 is 0 Å². The SMILES string of the molecule is CC(C)(O)Cn1ccc(-c2cccc(Cl)c2)n1. The van der Waals surface area contributed by atoms with Crippen LogP contribution < -0.4 is 0 Å². The van der Waals surface area contributed by atoms with Gasteiger partial charge in [0.25, 0.3) is 0 Å². The van der Waals surface area contributed by atoms with Crippen LogP contribution in [-0.4, -0.2) is 20.5 Å². The molecule has 2 rings (SSSR count). The lowest BCUT2D eigenvalue weighted by molar-refractivity contribution is 0.0578. The summed E-state index contributed by atoms with van der Waals surface area (Å²) in [7, 11) is 0. The van der Waals surface area contributed by atoms with E-state index in [0.717, 1.165) is 11.3 Å². The van der Waals surface area contributed by atoms with E-state index in [9.17, 15) is 5.11 Å². The Hall–Kier alpha value is -1.32. The van der Waals surface area contributed by atoms with E-state index < -0.39 is 5.60 Å². The quantitative estimate of drug-likeness (QED) is 0.910. The third-order valence-corrected chi connectivity index (χ3v) is 2.55. The lowest BCUT2D eigenvalue weighted by Crippen LogP contribution is -2.26. The number of rotatable bonds is 3. The van der Waals surface area contributed by atoms with Gasteiger partial charge < -0.3 is 5.11 Å². The maximum absolute atomic E-state index is 9.71. The molecule has 0 radical (unpaired) electrons. The second-order valence-corrected chi connectivity index (χ2v) is 5.16. The van der Waals surface area contributed by atoms with Crippen molar-refractivity contribution in [3.63, 3.8) is 0 Å². The number of halogens is 1. The Morgan fingerprint density at radius 3 is 2.76 bits per heavy atom. The molecule has 1 aromatic heterocycles. The first-order chi connectivity index (χ1) is 7.94. The molecule has 0 unspecified atom stereocenters. The molecule has 1 N–H and O–H groups in total. The van der Waals surface area contributed by atoms with Gasteiger partial charge in [-0.3, -0.25) is 4.68 Å². The maximum Gasteiger partial charge on any atom is 0.0923 e. The first-order valence-electron chi connectivity index (χ1n) is 5.46. The van der Waals surface area contributed by atoms with Crippen molar-refractivity contribution < 1.29 is 5.11 Å². The zero-order valence-electron chi connectivity index (χ0n) is 9.89. The molecular weight excluding hydrogens is 236 g/mol. The van der Waals surface area contributed by atoms with Crippen LogP contribution in [0.1, 0.15) is 13.8 Å². The normalized spacial score (nSPS) is 11.8. The van der Waals surface area contributed by atoms with Crippen molar-refractivity contribution in [2.75, 3.05) is 0 Å². The van der Waals surface area contributed by atoms with Gasteiger partial charge in [0.1, 0.15) is 0 Å². The molecule has 0 saturated heterocycles. The average molecular weight is 251 g/mol. The number of aliphatic hydroxyl groups is 1. The van der Waals surface area contributed by atoms with Crippen LogP contribution in [0.15, 0.2) is 36.5 Å². The van der Waals surface area contributed by atoms with Crippen LogP contribution in [0.4, 0.5) is 0 Å². The molecule has 90 valence electrons. The van der Waals surface area contributed by atoms with Crippen LogP contribution in [0.2, 0.25) is 5.02 Å². The van der Waals surface area contributed by atoms with Crippen LogP contribution in [-0.2, 0) is 6.54 Å². The molecule has 1 heterocycles. The van der Waals surface area contributed by atoms with Gasteiger partial charge in [-0.1, -0.05) is 23.7 Å². The third kappa shape index (κ3) is 3.32. The Morgan fingerprint density at radius 2 is 2.12 bits per heavy atom. The van der Waals surface area contributed by atoms with Crippen LogP contribution in [0.3, 0.4) is 0 Å². The minimum atomic E-state index is -0.766. The lowest BCUT2D eigenvalue weighted by Gasteiger charge is -2.16. The van der Waals surface area contributed by atoms with Gasteiger partial charge in [-0.25, -0.2) is 0 Å². The molecule has 0 fully saturated rings. The van der Waals surface area contributed by atoms with Crippen molar-refractivity contribution in [3.05, 3.63) is 41.6 Å². The van der Waals surface area contributed by atoms with Gasteiger partial charge in [0.15, 0.2) is 0 Å². The average Bonchev–Trinajstić information content (AvgIpc) is 2.63. The molecule has 0 spiro atoms. The smallest absolute Gasteiger partial charge is 0.0923 e. The summed E-state index contributed by atoms with van der Waals surface area (Å²) in [6, 6.07) is 9.48. The van der Waals surface area contributed by atoms with Gasteiger partial charge in [0.05, 0.1) is 17.8 Å². The Kier molecular flexibility index (Phi) is 3.22. The summed E-state index contributed by atoms with van der Waals surface area (Å²) >= 11 is 5.93. The van der Waals surface area contributed by atoms with E-state index in [1.165, 1.54) is 0 Å². The van der Waals surface area contributed by atoms with Gasteiger partial charge in [-0.2, -0.15) is 5.10 Å². The minimum absolute atomic E-state index is 0.466. The first-order valence-corrected chi connectivity index (χ1v) is 5.84. The van der Waals surface area contributed by atoms with Crippen LogP contribution in [0.25, 0.3) is 11.3 Å². The van der Waals surface area contributed by atoms with Crippen molar-refractivity contribution >= 4 is 11.6 Å². The van der Waals surface area contributed by atoms with Crippen LogP contribution in [0, 0.1) is 0 Å². The van der Waals surface area contributed by atoms with Crippen molar-refractivity contribution in [2.45, 2.75) is 26.0 Å². The highest BCUT2D eigenvalue weighted by atomic mass is 35.5. The molecule has 0 aliphatic carbocycles. The van der Waals surface area contributed by atoms with Gasteiger partial charge in [-0.15, -0.1) is 0 Å². The maximum atomic E-state index is 9.71. The predicted molar refractivity (Wildman–Crippen MR) is 69.0 cm³/mol. The van der Waals surface area contributed by atoms with E-state index in [2.05, 4.69) is 5.10 Å². The minimum Gasteiger partial charge on any atom is -0.389 e. The molecule has 4 heteroatoms. The molecule has 0 aliphatic rings. The highest BCUT2D eigenvalue weighted by Crippen LogP contribution is 2.21. The lowest BCUT2D eigenvalue weighted by atomic mass is 10.1. The van der Waals surface area contributed by atoms with Crippen LogP contribution >= 0.6 is 11.6 Å². The summed E-state index contributed by atoms with van der Waals surface area (Å²) in [5.74, 6) is 0. The summed E-state index contributed by atoms with van der Waals surface area (Å²) in [6.07, 6.45) is 1.86. The fourth-order valence-corrected chi connectivity index (χ4v) is 1.84. The third-order valence-electron chi connectivity index (χ3n) is 2.31. The largest absolute Gasteiger partial charge is 0.389 e. The molecule has 3 nitrogen and oxygen atoms in total. The van der Waals surface area contributed by atoms with Crippen molar-refractivity contribution in [2.24, 2.45) is 0 Å². The highest BCUT2D eigenvalue weighted by Gasteiger charge is 2.14. The van der Waals surface area contributed by atoms with Gasteiger partial charge in [0.2, 0.25) is 0 Å². The van der Waals surface area contributed by atoms with Crippen molar-refractivity contribution in [1.82, 2.24) is 9.78 Å². The molecule has 0 bridgehead atoms. The number of aromatic nitrogens is 2. The van der Waals surface area contributed by atoms with E-state index in [-0.39, 0.29) is 0 Å². The number of hydrogen-bond acceptors (Lipinski definition) is 2. The predicted octanol–water partition coefficient (Wildman–Crippen LogP) is 2.97. The molecule has 2 aromatic rings. The number of benzene rings is 1. The monoisotopic (exact) mass is 250 g/mol. The van der Waals surface area contributed by atoms with Gasteiger partial charge in [-0.05, 0) is 32.0 Å². The molecule has 0 saturated carbocycles. The van der Waals surface area contributed by atoms with Crippen LogP contribution in [0.5, 0.6) is 0 Å². The van der Waals surface area contributed by atoms with Gasteiger partial charge >= 0.3 is 0 Å². The first kappa shape index (κ1) is 12.1. The second-order valence-electron chi connectivity index (χ2n) is 4.72. The fraction of sp³-hybridized carbons (Fsp3) is 0.308. The zero-order valence-corrected chi connectivity index (χ0v) is 10.6. The Labute approximate surface area is 106 Å². The molecule has 0 atom stereocenters. The van der Waals surface area contributed by atoms with E-state index in [1.54, 1.807) is 18.5 Å². The number of hydrogen-bond donors (Lipinski definition) is 1. The van der Waals surface area contributed by atoms with Gasteiger partial charge in [0, 0.05) is 16.8 Å². The Bertz CT molecular complexity index is 514. The molecule has 17 heavy (non-hydrogen) atoms. The van der Waals surface area contributed by atoms with Crippen molar-refractivity contribution in [1.29, 1.82) is 0 Å². The van der Waals surface area contributed by atoms with E-state index in [4.69, 9.17) is 11.6 Å². The molecule has 1 aromatic carbocycles. The summed E-state index contributed by atoms with van der Waals surface area (Å²) in [4.78, 5) is 0. The summed E-state index contributed by atoms with van der Waals surface area (Å²) < 4.78 is 1.73. The second kappa shape index (κ2) is 4.51. The van der Waals surface area contributed by atoms with E-state index in [0.29, 0.717) is 11.6 Å². The topological polar surface area (TPSA) is 38.0 Å². The summed E-state index contributed by atoms with van der Waals surface area (Å²) in [5.41, 5.74) is 1.07. The summed E-state index contributed by atoms with van der Waals surface area (Å²) in [5, 5.41) is 14.8. The summed E-state index contributed by atoms with van der Waals surface area (Å²) in [6.45, 7) is 3.98. The zero-order chi connectivity index (χ0) is 12.5. The number of nitrogens with zero attached hydrogens (tertiary/aromatic N) is 2. The Morgan fingerprint density at radius 1 is 1.35 bits per heavy atom. The Balaban J connectivity index is 2.24. The van der Waals surface area contributed by atoms with E-state index in [1.807, 2.05) is 36.5 Å². The highest BCUT2D eigenvalue weighted by molar-refractivity contribution is 6.30. The molecule has 0 amide bonds. The standard InChI is InChI=1S/C13H15ClN2O/c1-13(2,17)9-16-7-6-12(15-16)10-4-3-5-11(14)8-10/h3-8,17H,9H2,1-2H3. The molecule has 0 aliphatic heterocycles. The fourth-order valence-electron chi connectivity index (χ4n) is 1.65. The van der Waals surface area contributed by atoms with Crippen molar-refractivity contribution in [3.8, 4) is 11.3 Å².